The van der Waals surface area contributed by atoms with Gasteiger partial charge < -0.3 is 10.1 Å². The fourth-order valence-corrected chi connectivity index (χ4v) is 3.62. The average Bonchev–Trinajstić information content (AvgIpc) is 2.61. The summed E-state index contributed by atoms with van der Waals surface area (Å²) in [5, 5.41) is 3.29. The van der Waals surface area contributed by atoms with Crippen molar-refractivity contribution in [2.75, 3.05) is 24.7 Å². The van der Waals surface area contributed by atoms with Crippen LogP contribution in [0.25, 0.3) is 11.1 Å². The number of carbonyl (C=O) groups is 1. The first-order valence-electron chi connectivity index (χ1n) is 8.73. The number of ether oxygens (including phenoxy) is 1. The first-order valence-corrected chi connectivity index (χ1v) is 10.6. The Morgan fingerprint density at radius 3 is 2.38 bits per heavy atom. The molecule has 0 heterocycles. The lowest BCUT2D eigenvalue weighted by atomic mass is 10.0. The van der Waals surface area contributed by atoms with Gasteiger partial charge in [-0.05, 0) is 31.0 Å². The number of hydrogen-bond acceptors (Lipinski definition) is 5. The summed E-state index contributed by atoms with van der Waals surface area (Å²) < 4.78 is 30.0. The van der Waals surface area contributed by atoms with E-state index in [0.29, 0.717) is 17.8 Å². The van der Waals surface area contributed by atoms with Gasteiger partial charge in [-0.25, -0.2) is 13.2 Å². The van der Waals surface area contributed by atoms with Crippen molar-refractivity contribution in [3.8, 4) is 11.1 Å². The average molecular weight is 375 g/mol. The molecule has 5 nitrogen and oxygen atoms in total. The van der Waals surface area contributed by atoms with Crippen LogP contribution < -0.4 is 5.32 Å². The second kappa shape index (κ2) is 8.85. The maximum atomic E-state index is 12.5. The van der Waals surface area contributed by atoms with E-state index in [0.717, 1.165) is 24.7 Å². The van der Waals surface area contributed by atoms with Crippen molar-refractivity contribution < 1.29 is 17.9 Å². The third kappa shape index (κ3) is 4.85. The van der Waals surface area contributed by atoms with E-state index in [9.17, 15) is 13.2 Å². The van der Waals surface area contributed by atoms with Crippen LogP contribution in [-0.4, -0.2) is 33.8 Å². The highest BCUT2D eigenvalue weighted by molar-refractivity contribution is 7.90. The number of anilines is 1. The number of nitrogens with one attached hydrogen (secondary N) is 1. The van der Waals surface area contributed by atoms with Crippen LogP contribution in [0, 0.1) is 0 Å². The Kier molecular flexibility index (Phi) is 6.80. The van der Waals surface area contributed by atoms with E-state index in [4.69, 9.17) is 4.74 Å². The van der Waals surface area contributed by atoms with Gasteiger partial charge in [-0.2, -0.15) is 0 Å². The zero-order valence-corrected chi connectivity index (χ0v) is 16.2. The Morgan fingerprint density at radius 2 is 1.81 bits per heavy atom. The SMILES string of the molecule is CCCCNc1cc(C(=O)OCC)cc(S(C)(=O)=O)c1-c1ccccc1. The van der Waals surface area contributed by atoms with E-state index < -0.39 is 15.8 Å². The summed E-state index contributed by atoms with van der Waals surface area (Å²) in [4.78, 5) is 12.3. The number of esters is 1. The van der Waals surface area contributed by atoms with E-state index in [2.05, 4.69) is 12.2 Å². The Hall–Kier alpha value is -2.34. The number of unbranched alkanes of at least 4 members (excludes halogenated alkanes) is 1. The molecule has 0 unspecified atom stereocenters. The molecule has 0 atom stereocenters. The molecule has 6 heteroatoms. The second-order valence-corrected chi connectivity index (χ2v) is 8.02. The number of benzene rings is 2. The molecule has 2 aromatic rings. The molecular weight excluding hydrogens is 350 g/mol. The van der Waals surface area contributed by atoms with E-state index in [-0.39, 0.29) is 17.1 Å². The van der Waals surface area contributed by atoms with E-state index >= 15 is 0 Å². The molecule has 0 spiro atoms. The van der Waals surface area contributed by atoms with Gasteiger partial charge in [-0.15, -0.1) is 0 Å². The third-order valence-electron chi connectivity index (χ3n) is 3.92. The quantitative estimate of drug-likeness (QED) is 0.554. The van der Waals surface area contributed by atoms with Gasteiger partial charge in [-0.1, -0.05) is 43.7 Å². The van der Waals surface area contributed by atoms with Crippen molar-refractivity contribution in [2.45, 2.75) is 31.6 Å². The molecule has 0 saturated carbocycles. The molecule has 0 fully saturated rings. The number of carbonyl (C=O) groups excluding carboxylic acids is 1. The summed E-state index contributed by atoms with van der Waals surface area (Å²) in [7, 11) is -3.55. The summed E-state index contributed by atoms with van der Waals surface area (Å²) >= 11 is 0. The predicted octanol–water partition coefficient (Wildman–Crippen LogP) is 4.15. The van der Waals surface area contributed by atoms with Crippen molar-refractivity contribution in [3.05, 3.63) is 48.0 Å². The van der Waals surface area contributed by atoms with Gasteiger partial charge in [0.15, 0.2) is 9.84 Å². The fraction of sp³-hybridized carbons (Fsp3) is 0.350. The Labute approximate surface area is 155 Å². The molecule has 0 aliphatic rings. The Bertz CT molecular complexity index is 861. The van der Waals surface area contributed by atoms with Crippen LogP contribution in [0.1, 0.15) is 37.0 Å². The van der Waals surface area contributed by atoms with Crippen molar-refractivity contribution in [1.29, 1.82) is 0 Å². The van der Waals surface area contributed by atoms with Gasteiger partial charge in [0.1, 0.15) is 0 Å². The van der Waals surface area contributed by atoms with E-state index in [1.165, 1.54) is 6.07 Å². The molecule has 0 bridgehead atoms. The summed E-state index contributed by atoms with van der Waals surface area (Å²) in [5.74, 6) is -0.532. The van der Waals surface area contributed by atoms with Gasteiger partial charge in [-0.3, -0.25) is 0 Å². The summed E-state index contributed by atoms with van der Waals surface area (Å²) in [6.07, 6.45) is 3.09. The molecule has 0 aromatic heterocycles. The summed E-state index contributed by atoms with van der Waals surface area (Å²) in [6, 6.07) is 12.4. The lowest BCUT2D eigenvalue weighted by Gasteiger charge is -2.18. The number of sulfone groups is 1. The highest BCUT2D eigenvalue weighted by atomic mass is 32.2. The molecule has 2 rings (SSSR count). The second-order valence-electron chi connectivity index (χ2n) is 6.04. The van der Waals surface area contributed by atoms with Crippen LogP contribution in [0.3, 0.4) is 0 Å². The smallest absolute Gasteiger partial charge is 0.338 e. The first kappa shape index (κ1) is 20.0. The largest absolute Gasteiger partial charge is 0.462 e. The lowest BCUT2D eigenvalue weighted by Crippen LogP contribution is -2.11. The number of rotatable bonds is 8. The zero-order chi connectivity index (χ0) is 19.2. The van der Waals surface area contributed by atoms with Gasteiger partial charge in [0.2, 0.25) is 0 Å². The minimum atomic E-state index is -3.55. The van der Waals surface area contributed by atoms with Crippen LogP contribution in [0.2, 0.25) is 0 Å². The topological polar surface area (TPSA) is 72.5 Å². The van der Waals surface area contributed by atoms with Crippen molar-refractivity contribution in [1.82, 2.24) is 0 Å². The van der Waals surface area contributed by atoms with Gasteiger partial charge in [0.05, 0.1) is 17.1 Å². The highest BCUT2D eigenvalue weighted by Gasteiger charge is 2.22. The monoisotopic (exact) mass is 375 g/mol. The standard InChI is InChI=1S/C20H25NO4S/c1-4-6-12-21-17-13-16(20(22)25-5-2)14-18(26(3,23)24)19(17)15-10-8-7-9-11-15/h7-11,13-14,21H,4-6,12H2,1-3H3. The Balaban J connectivity index is 2.70. The molecule has 2 aromatic carbocycles. The summed E-state index contributed by atoms with van der Waals surface area (Å²) in [5.41, 5.74) is 2.21. The fourth-order valence-electron chi connectivity index (χ4n) is 2.68. The molecule has 0 amide bonds. The predicted molar refractivity (Wildman–Crippen MR) is 104 cm³/mol. The summed E-state index contributed by atoms with van der Waals surface area (Å²) in [6.45, 7) is 4.71. The van der Waals surface area contributed by atoms with Crippen LogP contribution >= 0.6 is 0 Å². The van der Waals surface area contributed by atoms with Crippen LogP contribution in [0.15, 0.2) is 47.4 Å². The molecule has 0 aliphatic carbocycles. The zero-order valence-electron chi connectivity index (χ0n) is 15.4. The highest BCUT2D eigenvalue weighted by Crippen LogP contribution is 2.36. The molecule has 0 aliphatic heterocycles. The maximum Gasteiger partial charge on any atom is 0.338 e. The minimum absolute atomic E-state index is 0.119. The first-order chi connectivity index (χ1) is 12.4. The van der Waals surface area contributed by atoms with Crippen molar-refractivity contribution in [2.24, 2.45) is 0 Å². The van der Waals surface area contributed by atoms with Gasteiger partial charge >= 0.3 is 5.97 Å². The van der Waals surface area contributed by atoms with Crippen molar-refractivity contribution in [3.63, 3.8) is 0 Å². The lowest BCUT2D eigenvalue weighted by molar-refractivity contribution is 0.0526. The van der Waals surface area contributed by atoms with Crippen LogP contribution in [0.5, 0.6) is 0 Å². The number of hydrogen-bond donors (Lipinski definition) is 1. The molecule has 26 heavy (non-hydrogen) atoms. The molecule has 0 radical (unpaired) electrons. The molecule has 0 saturated heterocycles. The van der Waals surface area contributed by atoms with Gasteiger partial charge in [0, 0.05) is 24.1 Å². The molecule has 1 N–H and O–H groups in total. The third-order valence-corrected chi connectivity index (χ3v) is 5.04. The molecular formula is C20H25NO4S. The van der Waals surface area contributed by atoms with Crippen LogP contribution in [0.4, 0.5) is 5.69 Å². The minimum Gasteiger partial charge on any atom is -0.462 e. The van der Waals surface area contributed by atoms with Gasteiger partial charge in [0.25, 0.3) is 0 Å². The van der Waals surface area contributed by atoms with Crippen molar-refractivity contribution >= 4 is 21.5 Å². The molecule has 140 valence electrons. The van der Waals surface area contributed by atoms with E-state index in [1.54, 1.807) is 13.0 Å². The maximum absolute atomic E-state index is 12.5. The van der Waals surface area contributed by atoms with E-state index in [1.807, 2.05) is 30.3 Å². The van der Waals surface area contributed by atoms with Crippen LogP contribution in [-0.2, 0) is 14.6 Å². The normalized spacial score (nSPS) is 11.2. The Morgan fingerprint density at radius 1 is 1.12 bits per heavy atom.